The molecular formula is C57H79NO19. The maximum Gasteiger partial charge on any atom is 0.340 e. The van der Waals surface area contributed by atoms with Crippen LogP contribution in [-0.4, -0.2) is 190 Å². The number of ether oxygens (including phenoxy) is 11. The summed E-state index contributed by atoms with van der Waals surface area (Å²) in [5.41, 5.74) is -9.97. The Bertz CT molecular complexity index is 2440. The topological polar surface area (TPSA) is 270 Å². The zero-order valence-corrected chi connectivity index (χ0v) is 45.4. The monoisotopic (exact) mass is 1080 g/mol. The first-order chi connectivity index (χ1) is 36.5. The smallest absolute Gasteiger partial charge is 0.340 e. The first kappa shape index (κ1) is 57.9. The van der Waals surface area contributed by atoms with E-state index in [1.54, 1.807) is 46.3 Å². The highest BCUT2D eigenvalue weighted by molar-refractivity contribution is 5.89. The number of fused-ring (bicyclic) bond motifs is 5. The van der Waals surface area contributed by atoms with Crippen molar-refractivity contribution in [2.45, 2.75) is 214 Å². The molecule has 2 aromatic rings. The van der Waals surface area contributed by atoms with Gasteiger partial charge in [0.05, 0.1) is 53.2 Å². The summed E-state index contributed by atoms with van der Waals surface area (Å²) in [7, 11) is 4.54. The Morgan fingerprint density at radius 3 is 2.05 bits per heavy atom. The Morgan fingerprint density at radius 1 is 0.753 bits per heavy atom. The predicted molar refractivity (Wildman–Crippen MR) is 272 cm³/mol. The molecule has 0 amide bonds. The highest BCUT2D eigenvalue weighted by Gasteiger charge is 2.82. The van der Waals surface area contributed by atoms with Gasteiger partial charge in [0.2, 0.25) is 0 Å². The van der Waals surface area contributed by atoms with Gasteiger partial charge in [0.15, 0.2) is 18.9 Å². The van der Waals surface area contributed by atoms with Gasteiger partial charge < -0.3 is 82.7 Å². The molecule has 6 fully saturated rings. The van der Waals surface area contributed by atoms with Gasteiger partial charge in [-0.15, -0.1) is 0 Å². The van der Waals surface area contributed by atoms with Gasteiger partial charge in [0, 0.05) is 70.4 Å². The molecule has 3 saturated heterocycles. The molecule has 20 nitrogen and oxygen atoms in total. The summed E-state index contributed by atoms with van der Waals surface area (Å²) in [6, 6.07) is 12.3. The first-order valence-electron chi connectivity index (χ1n) is 27.0. The van der Waals surface area contributed by atoms with Gasteiger partial charge in [0.1, 0.15) is 59.5 Å². The van der Waals surface area contributed by atoms with E-state index < -0.39 is 149 Å². The minimum atomic E-state index is -2.18. The summed E-state index contributed by atoms with van der Waals surface area (Å²) in [5.74, 6) is -2.43. The number of aliphatic hydroxyl groups excluding tert-OH is 2. The summed E-state index contributed by atoms with van der Waals surface area (Å²) in [6.45, 7) is 10.3. The third kappa shape index (κ3) is 10.0. The average Bonchev–Trinajstić information content (AvgIpc) is 3.96. The average molecular weight is 1080 g/mol. The van der Waals surface area contributed by atoms with Crippen LogP contribution < -0.4 is 0 Å². The van der Waals surface area contributed by atoms with Crippen LogP contribution in [0.25, 0.3) is 6.08 Å². The lowest BCUT2D eigenvalue weighted by atomic mass is 9.41. The highest BCUT2D eigenvalue weighted by Crippen LogP contribution is 2.71. The molecule has 0 radical (unpaired) electrons. The van der Waals surface area contributed by atoms with Crippen molar-refractivity contribution in [1.82, 2.24) is 4.98 Å². The zero-order chi connectivity index (χ0) is 55.5. The van der Waals surface area contributed by atoms with Crippen LogP contribution in [0.5, 0.6) is 0 Å². The van der Waals surface area contributed by atoms with Crippen LogP contribution in [0.15, 0.2) is 73.1 Å². The quantitative estimate of drug-likeness (QED) is 0.0843. The number of methoxy groups -OCH3 is 3. The molecular weight excluding hydrogens is 1000 g/mol. The van der Waals surface area contributed by atoms with Crippen molar-refractivity contribution >= 4 is 18.0 Å². The molecule has 6 N–H and O–H groups in total. The Hall–Kier alpha value is -3.81. The Balaban J connectivity index is 0.896. The van der Waals surface area contributed by atoms with Gasteiger partial charge in [-0.2, -0.15) is 0 Å². The molecule has 0 spiro atoms. The van der Waals surface area contributed by atoms with E-state index in [2.05, 4.69) is 4.98 Å². The number of carbonyl (C=O) groups is 2. The molecule has 23 atom stereocenters. The lowest BCUT2D eigenvalue weighted by molar-refractivity contribution is -0.353. The van der Waals surface area contributed by atoms with Gasteiger partial charge >= 0.3 is 11.9 Å². The van der Waals surface area contributed by atoms with Crippen LogP contribution in [0.3, 0.4) is 0 Å². The van der Waals surface area contributed by atoms with Crippen molar-refractivity contribution in [3.8, 4) is 0 Å². The fourth-order valence-electron chi connectivity index (χ4n) is 14.3. The lowest BCUT2D eigenvalue weighted by Gasteiger charge is -2.68. The zero-order valence-electron chi connectivity index (χ0n) is 45.4. The molecule has 9 rings (SSSR count). The molecule has 426 valence electrons. The van der Waals surface area contributed by atoms with Gasteiger partial charge in [-0.05, 0) is 83.6 Å². The van der Waals surface area contributed by atoms with Gasteiger partial charge in [0.25, 0.3) is 0 Å². The second kappa shape index (κ2) is 22.3. The molecule has 3 aliphatic heterocycles. The van der Waals surface area contributed by atoms with E-state index in [4.69, 9.17) is 52.1 Å². The maximum absolute atomic E-state index is 13.9. The maximum atomic E-state index is 13.9. The van der Waals surface area contributed by atoms with Crippen LogP contribution >= 0.6 is 0 Å². The summed E-state index contributed by atoms with van der Waals surface area (Å²) >= 11 is 0. The normalized spacial score (nSPS) is 46.1. The SMILES string of the molecule is CO[C@@H]1[C@@H](O)[C@H](O[C@@H]2[C@@H](C)O[C@@H](O[C@H]3[C@@H](OC)C[C@H](O[C@H]4CC[C@]5(C)[C@H]6C[C@@H](OC(=O)C=Cc7ccccc7)[C@@]7(C)[C@](O)(CC[C@@]7(O)[C@H](C)OC(=O)c7cccnc7)[C@]6(O)C=C[C@@]5(O)C4)O[C@@H]3C)C[C@H]2OC)O[C@H](C)[C@H]1O. The molecule has 7 aliphatic rings. The van der Waals surface area contributed by atoms with Crippen molar-refractivity contribution in [3.05, 3.63) is 84.2 Å². The lowest BCUT2D eigenvalue weighted by Crippen LogP contribution is -2.80. The molecule has 0 unspecified atom stereocenters. The fraction of sp³-hybridized carbons (Fsp3) is 0.702. The van der Waals surface area contributed by atoms with Crippen molar-refractivity contribution in [1.29, 1.82) is 0 Å². The van der Waals surface area contributed by atoms with E-state index >= 15 is 0 Å². The molecule has 20 heteroatoms. The highest BCUT2D eigenvalue weighted by atomic mass is 16.8. The van der Waals surface area contributed by atoms with Crippen molar-refractivity contribution in [2.75, 3.05) is 21.3 Å². The number of pyridine rings is 1. The van der Waals surface area contributed by atoms with Crippen LogP contribution in [-0.2, 0) is 56.9 Å². The minimum Gasteiger partial charge on any atom is -0.458 e. The third-order valence-corrected chi connectivity index (χ3v) is 19.0. The van der Waals surface area contributed by atoms with E-state index in [0.29, 0.717) is 12.8 Å². The Kier molecular flexibility index (Phi) is 16.7. The number of benzene rings is 1. The third-order valence-electron chi connectivity index (χ3n) is 19.0. The number of aliphatic hydroxyl groups is 6. The molecule has 1 aromatic carbocycles. The van der Waals surface area contributed by atoms with Crippen molar-refractivity contribution in [3.63, 3.8) is 0 Å². The molecule has 0 bridgehead atoms. The van der Waals surface area contributed by atoms with E-state index in [0.717, 1.165) is 5.56 Å². The van der Waals surface area contributed by atoms with Crippen molar-refractivity contribution < 1.29 is 92.3 Å². The standard InChI is InChI=1S/C57H79NO19/c1-31-45(60)49(69-9)46(61)51(72-31)77-48-33(3)71-44(27-39(48)68-8)76-47-32(2)70-43(26-38(47)67-7)74-37-19-20-52(5)40-28-41(75-42(59)18-17-35-14-11-10-12-15-35)53(6)55(64,34(4)73-50(62)36-16-13-25-58-30-36)23-24-57(53,66)56(40,65)22-21-54(52,63)29-37/h10-18,21-22,25,30-34,37-41,43-49,51,60-61,63-66H,19-20,23-24,26-29H2,1-9H3/t31-,32-,33-,34+,37+,38+,39-,40-,41-,43+,44+,45-,46-,47-,48-,49+,51+,52-,53-,54-,55-,56+,57-/m1/s1. The summed E-state index contributed by atoms with van der Waals surface area (Å²) in [5, 5.41) is 73.9. The van der Waals surface area contributed by atoms with E-state index in [9.17, 15) is 40.2 Å². The van der Waals surface area contributed by atoms with Crippen LogP contribution in [0.2, 0.25) is 0 Å². The minimum absolute atomic E-state index is 0.0832. The Labute approximate surface area is 449 Å². The van der Waals surface area contributed by atoms with Crippen LogP contribution in [0.4, 0.5) is 0 Å². The number of esters is 2. The van der Waals surface area contributed by atoms with E-state index in [-0.39, 0.29) is 44.1 Å². The molecule has 1 aromatic heterocycles. The summed E-state index contributed by atoms with van der Waals surface area (Å²) in [4.78, 5) is 31.4. The summed E-state index contributed by atoms with van der Waals surface area (Å²) in [6.07, 6.45) is -3.33. The Morgan fingerprint density at radius 2 is 1.42 bits per heavy atom. The van der Waals surface area contributed by atoms with Gasteiger partial charge in [-0.25, -0.2) is 9.59 Å². The molecule has 4 heterocycles. The van der Waals surface area contributed by atoms with E-state index in [1.165, 1.54) is 44.6 Å². The molecule has 77 heavy (non-hydrogen) atoms. The second-order valence-electron chi connectivity index (χ2n) is 22.9. The number of rotatable bonds is 15. The fourth-order valence-corrected chi connectivity index (χ4v) is 14.3. The van der Waals surface area contributed by atoms with Crippen LogP contribution in [0.1, 0.15) is 109 Å². The van der Waals surface area contributed by atoms with E-state index in [1.807, 2.05) is 51.1 Å². The number of carbonyl (C=O) groups excluding carboxylic acids is 2. The van der Waals surface area contributed by atoms with Gasteiger partial charge in [-0.3, -0.25) is 4.98 Å². The van der Waals surface area contributed by atoms with Crippen molar-refractivity contribution in [2.24, 2.45) is 16.7 Å². The number of nitrogens with zero attached hydrogens (tertiary/aromatic N) is 1. The number of aromatic nitrogens is 1. The molecule has 4 aliphatic carbocycles. The second-order valence-corrected chi connectivity index (χ2v) is 22.9. The molecule has 3 saturated carbocycles. The van der Waals surface area contributed by atoms with Gasteiger partial charge in [-0.1, -0.05) is 56.3 Å². The number of hydrogen-bond donors (Lipinski definition) is 6. The number of hydrogen-bond acceptors (Lipinski definition) is 20. The first-order valence-corrected chi connectivity index (χ1v) is 27.0. The van der Waals surface area contributed by atoms with Crippen LogP contribution in [0, 0.1) is 16.7 Å². The summed E-state index contributed by atoms with van der Waals surface area (Å²) < 4.78 is 67.6. The largest absolute Gasteiger partial charge is 0.458 e. The predicted octanol–water partition coefficient (Wildman–Crippen LogP) is 3.69.